The molecular weight excluding hydrogens is 406 g/mol. The summed E-state index contributed by atoms with van der Waals surface area (Å²) in [5.41, 5.74) is 1.44. The van der Waals surface area contributed by atoms with E-state index in [-0.39, 0.29) is 11.5 Å². The molecule has 0 radical (unpaired) electrons. The van der Waals surface area contributed by atoms with Crippen LogP contribution < -0.4 is 4.90 Å². The summed E-state index contributed by atoms with van der Waals surface area (Å²) in [7, 11) is 1.69. The van der Waals surface area contributed by atoms with E-state index in [9.17, 15) is 4.79 Å². The largest absolute Gasteiger partial charge is 0.440 e. The molecule has 7 nitrogen and oxygen atoms in total. The third-order valence-electron chi connectivity index (χ3n) is 7.71. The van der Waals surface area contributed by atoms with Crippen molar-refractivity contribution in [2.75, 3.05) is 51.3 Å². The number of fused-ring (bicyclic) bond motifs is 2. The zero-order valence-corrected chi connectivity index (χ0v) is 18.7. The molecule has 1 amide bonds. The van der Waals surface area contributed by atoms with Crippen LogP contribution in [0.25, 0.3) is 11.3 Å². The Morgan fingerprint density at radius 2 is 1.88 bits per heavy atom. The first-order valence-electron chi connectivity index (χ1n) is 11.8. The van der Waals surface area contributed by atoms with Crippen molar-refractivity contribution < 1.29 is 18.7 Å². The monoisotopic (exact) mass is 437 g/mol. The van der Waals surface area contributed by atoms with E-state index >= 15 is 0 Å². The van der Waals surface area contributed by atoms with Gasteiger partial charge in [-0.1, -0.05) is 12.1 Å². The molecule has 7 rings (SSSR count). The zero-order valence-electron chi connectivity index (χ0n) is 18.7. The summed E-state index contributed by atoms with van der Waals surface area (Å²) < 4.78 is 18.5. The fourth-order valence-electron chi connectivity index (χ4n) is 6.00. The molecule has 5 saturated heterocycles. The van der Waals surface area contributed by atoms with Crippen LogP contribution in [0.15, 0.2) is 40.8 Å². The first-order valence-corrected chi connectivity index (χ1v) is 11.8. The summed E-state index contributed by atoms with van der Waals surface area (Å²) in [5, 5.41) is 0. The maximum Gasteiger partial charge on any atom is 0.253 e. The number of hydrogen-bond donors (Lipinski definition) is 0. The molecule has 0 N–H and O–H groups in total. The highest BCUT2D eigenvalue weighted by atomic mass is 16.7. The second kappa shape index (κ2) is 7.90. The summed E-state index contributed by atoms with van der Waals surface area (Å²) in [6.07, 6.45) is 4.10. The molecule has 170 valence electrons. The minimum absolute atomic E-state index is 0.104. The second-order valence-electron chi connectivity index (χ2n) is 9.62. The highest BCUT2D eigenvalue weighted by Gasteiger charge is 2.55. The molecular formula is C25H31N3O4. The highest BCUT2D eigenvalue weighted by Crippen LogP contribution is 2.45. The van der Waals surface area contributed by atoms with Gasteiger partial charge >= 0.3 is 0 Å². The van der Waals surface area contributed by atoms with E-state index in [4.69, 9.17) is 13.9 Å². The molecule has 6 heterocycles. The van der Waals surface area contributed by atoms with Gasteiger partial charge in [0, 0.05) is 43.9 Å². The van der Waals surface area contributed by atoms with E-state index in [1.54, 1.807) is 7.11 Å². The topological polar surface area (TPSA) is 58.4 Å². The van der Waals surface area contributed by atoms with Crippen molar-refractivity contribution in [3.8, 4) is 11.3 Å². The van der Waals surface area contributed by atoms with Gasteiger partial charge in [-0.3, -0.25) is 9.69 Å². The maximum absolute atomic E-state index is 12.8. The average Bonchev–Trinajstić information content (AvgIpc) is 3.60. The summed E-state index contributed by atoms with van der Waals surface area (Å²) in [4.78, 5) is 19.4. The van der Waals surface area contributed by atoms with Crippen molar-refractivity contribution in [1.82, 2.24) is 9.80 Å². The Labute approximate surface area is 188 Å². The number of likely N-dealkylation sites (tertiary alicyclic amines) is 1. The Hall–Kier alpha value is -2.35. The number of methoxy groups -OCH3 is 1. The molecule has 1 unspecified atom stereocenters. The molecule has 2 bridgehead atoms. The molecule has 2 atom stereocenters. The molecule has 5 aliphatic rings. The van der Waals surface area contributed by atoms with Crippen LogP contribution in [-0.2, 0) is 9.47 Å². The van der Waals surface area contributed by atoms with Crippen LogP contribution >= 0.6 is 0 Å². The Kier molecular flexibility index (Phi) is 5.01. The van der Waals surface area contributed by atoms with Gasteiger partial charge in [-0.25, -0.2) is 0 Å². The number of piperidine rings is 3. The minimum Gasteiger partial charge on any atom is -0.440 e. The van der Waals surface area contributed by atoms with E-state index in [0.717, 1.165) is 56.2 Å². The molecule has 0 aliphatic carbocycles. The lowest BCUT2D eigenvalue weighted by Gasteiger charge is -2.50. The van der Waals surface area contributed by atoms with E-state index in [1.165, 1.54) is 25.9 Å². The zero-order chi connectivity index (χ0) is 21.7. The van der Waals surface area contributed by atoms with E-state index < -0.39 is 6.41 Å². The highest BCUT2D eigenvalue weighted by molar-refractivity contribution is 5.95. The third-order valence-corrected chi connectivity index (χ3v) is 7.71. The summed E-state index contributed by atoms with van der Waals surface area (Å²) in [5.74, 6) is 2.17. The van der Waals surface area contributed by atoms with E-state index in [0.29, 0.717) is 11.5 Å². The van der Waals surface area contributed by atoms with Crippen LogP contribution in [0.4, 0.5) is 5.88 Å². The number of nitrogens with zero attached hydrogens (tertiary/aromatic N) is 3. The summed E-state index contributed by atoms with van der Waals surface area (Å²) in [6, 6.07) is 11.7. The predicted octanol–water partition coefficient (Wildman–Crippen LogP) is 3.41. The number of carbonyl (C=O) groups is 1. The van der Waals surface area contributed by atoms with Gasteiger partial charge < -0.3 is 23.7 Å². The Morgan fingerprint density at radius 3 is 2.59 bits per heavy atom. The number of amides is 1. The second-order valence-corrected chi connectivity index (χ2v) is 9.62. The van der Waals surface area contributed by atoms with Gasteiger partial charge in [-0.15, -0.1) is 0 Å². The Bertz CT molecular complexity index is 993. The van der Waals surface area contributed by atoms with Gasteiger partial charge in [-0.05, 0) is 62.9 Å². The van der Waals surface area contributed by atoms with Crippen molar-refractivity contribution in [2.45, 2.75) is 37.7 Å². The first kappa shape index (κ1) is 20.3. The van der Waals surface area contributed by atoms with Crippen LogP contribution in [0, 0.1) is 5.92 Å². The van der Waals surface area contributed by atoms with Crippen molar-refractivity contribution in [1.29, 1.82) is 0 Å². The number of anilines is 1. The molecule has 1 spiro atoms. The van der Waals surface area contributed by atoms with Crippen molar-refractivity contribution >= 4 is 11.8 Å². The van der Waals surface area contributed by atoms with Crippen LogP contribution in [0.1, 0.15) is 36.0 Å². The van der Waals surface area contributed by atoms with Crippen molar-refractivity contribution in [2.24, 2.45) is 5.92 Å². The number of ether oxygens (including phenoxy) is 2. The van der Waals surface area contributed by atoms with Gasteiger partial charge in [0.05, 0.1) is 6.54 Å². The maximum atomic E-state index is 12.8. The summed E-state index contributed by atoms with van der Waals surface area (Å²) in [6.45, 7) is 5.77. The molecule has 5 fully saturated rings. The predicted molar refractivity (Wildman–Crippen MR) is 120 cm³/mol. The lowest BCUT2D eigenvalue weighted by atomic mass is 9.75. The first-order chi connectivity index (χ1) is 15.6. The molecule has 2 aromatic rings. The molecule has 5 aliphatic heterocycles. The van der Waals surface area contributed by atoms with Crippen molar-refractivity contribution in [3.05, 3.63) is 42.0 Å². The van der Waals surface area contributed by atoms with Gasteiger partial charge in [0.25, 0.3) is 5.91 Å². The fraction of sp³-hybridized carbons (Fsp3) is 0.560. The van der Waals surface area contributed by atoms with Gasteiger partial charge in [0.2, 0.25) is 6.41 Å². The number of hydrogen-bond acceptors (Lipinski definition) is 6. The van der Waals surface area contributed by atoms with E-state index in [1.807, 2.05) is 41.3 Å². The number of carbonyl (C=O) groups excluding carboxylic acids is 1. The third kappa shape index (κ3) is 3.34. The number of benzene rings is 1. The normalized spacial score (nSPS) is 31.7. The van der Waals surface area contributed by atoms with Crippen LogP contribution in [0.2, 0.25) is 0 Å². The van der Waals surface area contributed by atoms with Crippen LogP contribution in [-0.4, -0.2) is 74.1 Å². The Balaban J connectivity index is 1.24. The molecule has 1 aromatic carbocycles. The molecule has 7 heteroatoms. The standard InChI is InChI=1S/C25H31N3O4/c1-30-24-28(17-25(32-24)16-26-13-9-20(25)10-14-26)22-8-7-21(31-22)18-5-4-6-19(15-18)23(29)27-11-2-3-12-27/h4-8,15,20,24H,2-3,9-14,16-17H2,1H3/t24?,25-/m1/s1. The number of furan rings is 1. The van der Waals surface area contributed by atoms with Crippen LogP contribution in [0.5, 0.6) is 0 Å². The van der Waals surface area contributed by atoms with Crippen molar-refractivity contribution in [3.63, 3.8) is 0 Å². The lowest BCUT2D eigenvalue weighted by Crippen LogP contribution is -2.61. The number of rotatable bonds is 4. The molecule has 0 saturated carbocycles. The average molecular weight is 438 g/mol. The smallest absolute Gasteiger partial charge is 0.253 e. The summed E-state index contributed by atoms with van der Waals surface area (Å²) >= 11 is 0. The lowest BCUT2D eigenvalue weighted by molar-refractivity contribution is -0.201. The Morgan fingerprint density at radius 1 is 1.06 bits per heavy atom. The van der Waals surface area contributed by atoms with Crippen LogP contribution in [0.3, 0.4) is 0 Å². The SMILES string of the molecule is COC1O[C@]2(CN3CCC2CC3)CN1c1ccc(-c2cccc(C(=O)N3CCCC3)c2)o1. The van der Waals surface area contributed by atoms with Gasteiger partial charge in [-0.2, -0.15) is 0 Å². The minimum atomic E-state index is -0.447. The van der Waals surface area contributed by atoms with E-state index in [2.05, 4.69) is 9.80 Å². The van der Waals surface area contributed by atoms with Gasteiger partial charge in [0.1, 0.15) is 11.4 Å². The quantitative estimate of drug-likeness (QED) is 0.731. The van der Waals surface area contributed by atoms with Gasteiger partial charge in [0.15, 0.2) is 5.88 Å². The molecule has 1 aromatic heterocycles. The fourth-order valence-corrected chi connectivity index (χ4v) is 6.00. The molecule has 32 heavy (non-hydrogen) atoms.